The maximum Gasteiger partial charge on any atom is 0.162 e. The van der Waals surface area contributed by atoms with E-state index in [-0.39, 0.29) is 5.78 Å². The number of pyridine rings is 2. The number of carbonyl (C=O) groups excluding carboxylic acids is 1. The van der Waals surface area contributed by atoms with Crippen LogP contribution in [0.2, 0.25) is 0 Å². The van der Waals surface area contributed by atoms with Gasteiger partial charge in [0, 0.05) is 44.5 Å². The first-order valence-corrected chi connectivity index (χ1v) is 10.6. The van der Waals surface area contributed by atoms with Crippen LogP contribution in [0.3, 0.4) is 0 Å². The van der Waals surface area contributed by atoms with E-state index in [1.54, 1.807) is 6.20 Å². The average molecular weight is 417 g/mol. The van der Waals surface area contributed by atoms with Gasteiger partial charge in [-0.05, 0) is 56.2 Å². The van der Waals surface area contributed by atoms with Crippen molar-refractivity contribution in [2.24, 2.45) is 0 Å². The van der Waals surface area contributed by atoms with E-state index in [9.17, 15) is 4.79 Å². The lowest BCUT2D eigenvalue weighted by Crippen LogP contribution is -2.08. The fourth-order valence-corrected chi connectivity index (χ4v) is 3.93. The van der Waals surface area contributed by atoms with Gasteiger partial charge in [0.2, 0.25) is 0 Å². The molecule has 7 heteroatoms. The van der Waals surface area contributed by atoms with Crippen molar-refractivity contribution < 1.29 is 4.79 Å². The average Bonchev–Trinajstić information content (AvgIpc) is 3.10. The number of benzene rings is 1. The van der Waals surface area contributed by atoms with Crippen LogP contribution in [0.15, 0.2) is 42.6 Å². The molecule has 0 aliphatic rings. The van der Waals surface area contributed by atoms with Crippen LogP contribution >= 0.6 is 0 Å². The van der Waals surface area contributed by atoms with Gasteiger partial charge in [0.25, 0.3) is 0 Å². The number of hydrogen-bond acceptors (Lipinski definition) is 6. The van der Waals surface area contributed by atoms with E-state index in [0.29, 0.717) is 17.8 Å². The molecular weight excluding hydrogens is 388 g/mol. The topological polar surface area (TPSA) is 89.9 Å². The summed E-state index contributed by atoms with van der Waals surface area (Å²) in [6.07, 6.45) is 5.11. The van der Waals surface area contributed by atoms with Crippen LogP contribution in [0.4, 0.5) is 11.5 Å². The summed E-state index contributed by atoms with van der Waals surface area (Å²) < 4.78 is 2.17. The molecule has 0 saturated heterocycles. The third kappa shape index (κ3) is 4.21. The van der Waals surface area contributed by atoms with Crippen molar-refractivity contribution >= 4 is 39.4 Å². The van der Waals surface area contributed by atoms with E-state index in [4.69, 9.17) is 5.73 Å². The van der Waals surface area contributed by atoms with Gasteiger partial charge in [0.15, 0.2) is 11.6 Å². The summed E-state index contributed by atoms with van der Waals surface area (Å²) >= 11 is 0. The Balaban J connectivity index is 1.39. The molecule has 0 saturated carbocycles. The molecule has 0 spiro atoms. The van der Waals surface area contributed by atoms with Crippen LogP contribution < -0.4 is 10.6 Å². The van der Waals surface area contributed by atoms with Gasteiger partial charge in [0.05, 0.1) is 5.52 Å². The molecule has 0 atom stereocenters. The van der Waals surface area contributed by atoms with E-state index < -0.39 is 0 Å². The van der Waals surface area contributed by atoms with Crippen LogP contribution in [0.5, 0.6) is 0 Å². The number of rotatable bonds is 8. The van der Waals surface area contributed by atoms with Gasteiger partial charge in [-0.25, -0.2) is 9.97 Å². The van der Waals surface area contributed by atoms with E-state index in [1.165, 1.54) is 0 Å². The molecule has 0 bridgehead atoms. The van der Waals surface area contributed by atoms with Crippen molar-refractivity contribution in [3.05, 3.63) is 54.0 Å². The second-order valence-electron chi connectivity index (χ2n) is 8.05. The Morgan fingerprint density at radius 3 is 2.55 bits per heavy atom. The zero-order valence-corrected chi connectivity index (χ0v) is 18.3. The summed E-state index contributed by atoms with van der Waals surface area (Å²) in [5, 5.41) is 0. The Morgan fingerprint density at radius 1 is 1.03 bits per heavy atom. The van der Waals surface area contributed by atoms with Gasteiger partial charge in [-0.2, -0.15) is 0 Å². The SMILES string of the molecule is Cc1nc2c(N)nc3cccnc3c2n1CCCCCC(=O)c1ccc(N(C)C)cc1. The first-order valence-electron chi connectivity index (χ1n) is 10.6. The number of hydrogen-bond donors (Lipinski definition) is 1. The number of unbranched alkanes of at least 4 members (excludes halogenated alkanes) is 2. The lowest BCUT2D eigenvalue weighted by molar-refractivity contribution is 0.0979. The molecule has 160 valence electrons. The van der Waals surface area contributed by atoms with Crippen molar-refractivity contribution in [1.82, 2.24) is 19.5 Å². The molecular formula is C24H28N6O. The molecule has 3 aromatic heterocycles. The Morgan fingerprint density at radius 2 is 1.81 bits per heavy atom. The summed E-state index contributed by atoms with van der Waals surface area (Å²) in [5.41, 5.74) is 11.3. The molecule has 0 radical (unpaired) electrons. The number of aryl methyl sites for hydroxylation is 2. The van der Waals surface area contributed by atoms with Gasteiger partial charge in [-0.1, -0.05) is 6.42 Å². The quantitative estimate of drug-likeness (QED) is 0.339. The molecule has 2 N–H and O–H groups in total. The fraction of sp³-hybridized carbons (Fsp3) is 0.333. The molecule has 0 unspecified atom stereocenters. The van der Waals surface area contributed by atoms with E-state index >= 15 is 0 Å². The standard InChI is InChI=1S/C24H28N6O/c1-16-27-22-23(21-19(28-24(22)25)8-7-14-26-21)30(16)15-6-4-5-9-20(31)17-10-12-18(13-11-17)29(2)3/h7-8,10-14H,4-6,9,15H2,1-3H3,(H2,25,28). The van der Waals surface area contributed by atoms with Gasteiger partial charge in [-0.3, -0.25) is 9.78 Å². The normalized spacial score (nSPS) is 11.3. The number of nitrogen functional groups attached to an aromatic ring is 1. The zero-order valence-electron chi connectivity index (χ0n) is 18.3. The van der Waals surface area contributed by atoms with Crippen molar-refractivity contribution in [2.45, 2.75) is 39.2 Å². The van der Waals surface area contributed by atoms with Crippen molar-refractivity contribution in [1.29, 1.82) is 0 Å². The number of nitrogens with two attached hydrogens (primary N) is 1. The Bertz CT molecular complexity index is 1230. The highest BCUT2D eigenvalue weighted by atomic mass is 16.1. The lowest BCUT2D eigenvalue weighted by atomic mass is 10.0. The number of ketones is 1. The highest BCUT2D eigenvalue weighted by Crippen LogP contribution is 2.27. The number of carbonyl (C=O) groups is 1. The second kappa shape index (κ2) is 8.71. The molecule has 4 aromatic rings. The number of nitrogens with zero attached hydrogens (tertiary/aromatic N) is 5. The zero-order chi connectivity index (χ0) is 22.0. The Kier molecular flexibility index (Phi) is 5.84. The van der Waals surface area contributed by atoms with Crippen LogP contribution in [0.1, 0.15) is 41.9 Å². The number of imidazole rings is 1. The van der Waals surface area contributed by atoms with Crippen LogP contribution in [0.25, 0.3) is 22.1 Å². The third-order valence-corrected chi connectivity index (χ3v) is 5.64. The van der Waals surface area contributed by atoms with Gasteiger partial charge in [-0.15, -0.1) is 0 Å². The fourth-order valence-electron chi connectivity index (χ4n) is 3.93. The predicted octanol–water partition coefficient (Wildman–Crippen LogP) is 4.38. The summed E-state index contributed by atoms with van der Waals surface area (Å²) in [5.74, 6) is 1.53. The van der Waals surface area contributed by atoms with E-state index in [0.717, 1.165) is 59.4 Å². The molecule has 3 heterocycles. The van der Waals surface area contributed by atoms with Crippen molar-refractivity contribution in [3.8, 4) is 0 Å². The minimum Gasteiger partial charge on any atom is -0.382 e. The number of aromatic nitrogens is 4. The van der Waals surface area contributed by atoms with Gasteiger partial charge >= 0.3 is 0 Å². The maximum atomic E-state index is 12.5. The van der Waals surface area contributed by atoms with Gasteiger partial charge in [0.1, 0.15) is 22.4 Å². The number of fused-ring (bicyclic) bond motifs is 3. The first-order chi connectivity index (χ1) is 15.0. The molecule has 0 fully saturated rings. The molecule has 0 amide bonds. The third-order valence-electron chi connectivity index (χ3n) is 5.64. The molecule has 31 heavy (non-hydrogen) atoms. The van der Waals surface area contributed by atoms with Crippen LogP contribution in [0, 0.1) is 6.92 Å². The predicted molar refractivity (Wildman–Crippen MR) is 126 cm³/mol. The summed E-state index contributed by atoms with van der Waals surface area (Å²) in [6.45, 7) is 2.79. The van der Waals surface area contributed by atoms with E-state index in [1.807, 2.05) is 62.3 Å². The highest BCUT2D eigenvalue weighted by Gasteiger charge is 2.16. The minimum atomic E-state index is 0.198. The lowest BCUT2D eigenvalue weighted by Gasteiger charge is -2.12. The maximum absolute atomic E-state index is 12.5. The Hall–Kier alpha value is -3.48. The van der Waals surface area contributed by atoms with Gasteiger partial charge < -0.3 is 15.2 Å². The van der Waals surface area contributed by atoms with Crippen LogP contribution in [-0.2, 0) is 6.54 Å². The second-order valence-corrected chi connectivity index (χ2v) is 8.05. The number of Topliss-reactive ketones (excluding diaryl/α,β-unsaturated/α-hetero) is 1. The summed E-state index contributed by atoms with van der Waals surface area (Å²) in [4.78, 5) is 28.1. The smallest absolute Gasteiger partial charge is 0.162 e. The molecule has 0 aliphatic heterocycles. The molecule has 0 aliphatic carbocycles. The molecule has 7 nitrogen and oxygen atoms in total. The van der Waals surface area contributed by atoms with Crippen LogP contribution in [-0.4, -0.2) is 39.4 Å². The monoisotopic (exact) mass is 416 g/mol. The number of anilines is 2. The molecule has 4 rings (SSSR count). The first kappa shape index (κ1) is 20.8. The largest absolute Gasteiger partial charge is 0.382 e. The van der Waals surface area contributed by atoms with E-state index in [2.05, 4.69) is 19.5 Å². The minimum absolute atomic E-state index is 0.198. The highest BCUT2D eigenvalue weighted by molar-refractivity contribution is 6.04. The van der Waals surface area contributed by atoms with Crippen molar-refractivity contribution in [3.63, 3.8) is 0 Å². The Labute approximate surface area is 181 Å². The summed E-state index contributed by atoms with van der Waals surface area (Å²) in [7, 11) is 3.98. The molecule has 1 aromatic carbocycles. The summed E-state index contributed by atoms with van der Waals surface area (Å²) in [6, 6.07) is 11.6. The van der Waals surface area contributed by atoms with Crippen molar-refractivity contribution in [2.75, 3.05) is 24.7 Å².